The van der Waals surface area contributed by atoms with E-state index in [0.29, 0.717) is 38.3 Å². The zero-order chi connectivity index (χ0) is 28.8. The first-order chi connectivity index (χ1) is 18.3. The first-order valence-corrected chi connectivity index (χ1v) is 13.0. The van der Waals surface area contributed by atoms with Gasteiger partial charge in [-0.25, -0.2) is 0 Å². The third kappa shape index (κ3) is 8.46. The van der Waals surface area contributed by atoms with Crippen LogP contribution in [0.15, 0.2) is 54.3 Å². The van der Waals surface area contributed by atoms with Crippen molar-refractivity contribution in [1.82, 2.24) is 15.2 Å². The molecular weight excluding hydrogens is 497 g/mol. The third-order valence-electron chi connectivity index (χ3n) is 6.27. The number of aromatic nitrogens is 1. The highest BCUT2D eigenvalue weighted by atomic mass is 19.1. The van der Waals surface area contributed by atoms with E-state index >= 15 is 0 Å². The van der Waals surface area contributed by atoms with Gasteiger partial charge in [0.25, 0.3) is 0 Å². The molecule has 2 aromatic rings. The lowest BCUT2D eigenvalue weighted by atomic mass is 9.80. The van der Waals surface area contributed by atoms with Crippen molar-refractivity contribution in [1.29, 1.82) is 5.41 Å². The monoisotopic (exact) mass is 537 g/mol. The smallest absolute Gasteiger partial charge is 0.245 e. The van der Waals surface area contributed by atoms with Gasteiger partial charge in [-0.05, 0) is 70.4 Å². The number of ether oxygens (including phenoxy) is 2. The number of nitrogens with two attached hydrogens (primary N) is 1. The predicted molar refractivity (Wildman–Crippen MR) is 154 cm³/mol. The second-order valence-corrected chi connectivity index (χ2v) is 11.1. The van der Waals surface area contributed by atoms with Crippen LogP contribution in [0.2, 0.25) is 0 Å². The number of benzene rings is 1. The largest absolute Gasteiger partial charge is 0.491 e. The van der Waals surface area contributed by atoms with Crippen molar-refractivity contribution in [3.63, 3.8) is 0 Å². The molecule has 0 saturated carbocycles. The van der Waals surface area contributed by atoms with Crippen LogP contribution in [-0.4, -0.2) is 66.8 Å². The van der Waals surface area contributed by atoms with Crippen LogP contribution in [0.4, 0.5) is 10.1 Å². The number of amides is 1. The molecule has 0 bridgehead atoms. The number of nitrogens with zero attached hydrogens (tertiary/aromatic N) is 2. The Bertz CT molecular complexity index is 1230. The van der Waals surface area contributed by atoms with E-state index in [1.54, 1.807) is 38.5 Å². The molecule has 1 aromatic carbocycles. The van der Waals surface area contributed by atoms with Crippen molar-refractivity contribution < 1.29 is 18.7 Å². The van der Waals surface area contributed by atoms with Gasteiger partial charge in [0.05, 0.1) is 28.7 Å². The van der Waals surface area contributed by atoms with Crippen molar-refractivity contribution in [2.24, 2.45) is 0 Å². The standard InChI is InChI=1S/C30H40FN5O3/c1-29(2)17-21(18-30(3,4)39-29)27(20-9-11-24(32)23(16-20)28(31)33)25-12-10-22(19-35-25)38-15-14-34-13-7-8-26(37)36(5)6/h7-12,16,19,33-34H,13-15,17-18,32H2,1-6H3/b8-7+,33-28?. The molecule has 0 atom stereocenters. The van der Waals surface area contributed by atoms with Crippen molar-refractivity contribution >= 4 is 23.1 Å². The summed E-state index contributed by atoms with van der Waals surface area (Å²) in [6, 6.07) is 8.85. The second kappa shape index (κ2) is 12.5. The van der Waals surface area contributed by atoms with Crippen LogP contribution >= 0.6 is 0 Å². The molecule has 1 saturated heterocycles. The summed E-state index contributed by atoms with van der Waals surface area (Å²) < 4.78 is 26.1. The van der Waals surface area contributed by atoms with E-state index in [2.05, 4.69) is 33.0 Å². The van der Waals surface area contributed by atoms with E-state index in [4.69, 9.17) is 25.6 Å². The van der Waals surface area contributed by atoms with Gasteiger partial charge < -0.3 is 25.4 Å². The van der Waals surface area contributed by atoms with E-state index in [-0.39, 0.29) is 17.2 Å². The number of likely N-dealkylation sites (N-methyl/N-ethyl adjacent to an activating group) is 1. The molecule has 0 radical (unpaired) electrons. The average molecular weight is 538 g/mol. The lowest BCUT2D eigenvalue weighted by Gasteiger charge is -2.43. The SMILES string of the molecule is CN(C)C(=O)/C=C/CNCCOc1ccc(C(=C2CC(C)(C)OC(C)(C)C2)c2ccc(N)c(C(=N)F)c2)nc1. The summed E-state index contributed by atoms with van der Waals surface area (Å²) in [5, 5.41) is 10.7. The Morgan fingerprint density at radius 2 is 1.90 bits per heavy atom. The molecular formula is C30H40FN5O3. The molecule has 8 nitrogen and oxygen atoms in total. The topological polar surface area (TPSA) is 114 Å². The number of pyridine rings is 1. The minimum absolute atomic E-state index is 0.0559. The maximum absolute atomic E-state index is 14.0. The minimum atomic E-state index is -1.07. The zero-order valence-electron chi connectivity index (χ0n) is 23.7. The number of rotatable bonds is 10. The Morgan fingerprint density at radius 3 is 2.49 bits per heavy atom. The number of halogens is 1. The van der Waals surface area contributed by atoms with E-state index in [0.717, 1.165) is 22.4 Å². The Hall–Kier alpha value is -3.56. The number of carbonyl (C=O) groups excluding carboxylic acids is 1. The minimum Gasteiger partial charge on any atom is -0.491 e. The van der Waals surface area contributed by atoms with Gasteiger partial charge in [-0.15, -0.1) is 0 Å². The Balaban J connectivity index is 1.81. The molecule has 4 N–H and O–H groups in total. The lowest BCUT2D eigenvalue weighted by Crippen LogP contribution is -2.42. The van der Waals surface area contributed by atoms with E-state index < -0.39 is 17.2 Å². The van der Waals surface area contributed by atoms with Gasteiger partial charge >= 0.3 is 0 Å². The average Bonchev–Trinajstić information content (AvgIpc) is 2.83. The third-order valence-corrected chi connectivity index (χ3v) is 6.27. The summed E-state index contributed by atoms with van der Waals surface area (Å²) in [6.07, 6.45) is 6.34. The number of nitrogens with one attached hydrogen (secondary N) is 2. The molecule has 0 aliphatic carbocycles. The molecule has 210 valence electrons. The number of nitrogen functional groups attached to an aromatic ring is 1. The molecule has 0 unspecified atom stereocenters. The summed E-state index contributed by atoms with van der Waals surface area (Å²) >= 11 is 0. The Labute approximate surface area is 230 Å². The van der Waals surface area contributed by atoms with Crippen molar-refractivity contribution in [2.45, 2.75) is 51.7 Å². The number of carbonyl (C=O) groups is 1. The van der Waals surface area contributed by atoms with Crippen LogP contribution < -0.4 is 15.8 Å². The molecule has 1 aliphatic heterocycles. The number of hydrogen-bond acceptors (Lipinski definition) is 7. The highest BCUT2D eigenvalue weighted by molar-refractivity contribution is 5.98. The highest BCUT2D eigenvalue weighted by Crippen LogP contribution is 2.43. The molecule has 0 spiro atoms. The summed E-state index contributed by atoms with van der Waals surface area (Å²) in [4.78, 5) is 17.8. The maximum Gasteiger partial charge on any atom is 0.245 e. The van der Waals surface area contributed by atoms with Gasteiger partial charge in [0.15, 0.2) is 0 Å². The first kappa shape index (κ1) is 30.0. The van der Waals surface area contributed by atoms with Gasteiger partial charge in [-0.3, -0.25) is 15.2 Å². The van der Waals surface area contributed by atoms with E-state index in [1.807, 2.05) is 18.2 Å². The normalized spacial score (nSPS) is 16.2. The summed E-state index contributed by atoms with van der Waals surface area (Å²) in [5.41, 5.74) is 8.94. The van der Waals surface area contributed by atoms with Gasteiger partial charge in [0, 0.05) is 44.5 Å². The quantitative estimate of drug-likeness (QED) is 0.175. The number of hydrogen-bond donors (Lipinski definition) is 3. The lowest BCUT2D eigenvalue weighted by molar-refractivity contribution is -0.138. The van der Waals surface area contributed by atoms with Crippen LogP contribution in [0.25, 0.3) is 5.57 Å². The Kier molecular flexibility index (Phi) is 9.63. The van der Waals surface area contributed by atoms with Crippen molar-refractivity contribution in [3.8, 4) is 5.75 Å². The predicted octanol–water partition coefficient (Wildman–Crippen LogP) is 4.74. The van der Waals surface area contributed by atoms with Crippen molar-refractivity contribution in [2.75, 3.05) is 39.5 Å². The second-order valence-electron chi connectivity index (χ2n) is 11.1. The summed E-state index contributed by atoms with van der Waals surface area (Å²) in [6.45, 7) is 9.84. The van der Waals surface area contributed by atoms with Crippen LogP contribution in [0, 0.1) is 5.41 Å². The molecule has 1 aliphatic rings. The fourth-order valence-corrected chi connectivity index (χ4v) is 4.87. The molecule has 39 heavy (non-hydrogen) atoms. The van der Waals surface area contributed by atoms with Gasteiger partial charge in [-0.2, -0.15) is 4.39 Å². The fourth-order valence-electron chi connectivity index (χ4n) is 4.87. The fraction of sp³-hybridized carbons (Fsp3) is 0.433. The van der Waals surface area contributed by atoms with Gasteiger partial charge in [0.2, 0.25) is 11.9 Å². The molecule has 3 rings (SSSR count). The van der Waals surface area contributed by atoms with Gasteiger partial charge in [-0.1, -0.05) is 17.7 Å². The van der Waals surface area contributed by atoms with E-state index in [1.165, 1.54) is 11.0 Å². The summed E-state index contributed by atoms with van der Waals surface area (Å²) in [7, 11) is 3.42. The maximum atomic E-state index is 14.0. The Morgan fingerprint density at radius 1 is 1.21 bits per heavy atom. The molecule has 9 heteroatoms. The van der Waals surface area contributed by atoms with Crippen molar-refractivity contribution in [3.05, 3.63) is 71.1 Å². The van der Waals surface area contributed by atoms with Crippen LogP contribution in [-0.2, 0) is 9.53 Å². The summed E-state index contributed by atoms with van der Waals surface area (Å²) in [5.74, 6) is -0.504. The molecule has 1 fully saturated rings. The van der Waals surface area contributed by atoms with Gasteiger partial charge in [0.1, 0.15) is 12.4 Å². The van der Waals surface area contributed by atoms with Crippen LogP contribution in [0.5, 0.6) is 5.75 Å². The molecule has 1 amide bonds. The molecule has 2 heterocycles. The van der Waals surface area contributed by atoms with Crippen LogP contribution in [0.3, 0.4) is 0 Å². The first-order valence-electron chi connectivity index (χ1n) is 13.0. The van der Waals surface area contributed by atoms with Crippen LogP contribution in [0.1, 0.15) is 57.4 Å². The molecule has 1 aromatic heterocycles. The highest BCUT2D eigenvalue weighted by Gasteiger charge is 2.38. The number of anilines is 1. The zero-order valence-corrected chi connectivity index (χ0v) is 23.7. The van der Waals surface area contributed by atoms with E-state index in [9.17, 15) is 9.18 Å².